The van der Waals surface area contributed by atoms with Crippen molar-refractivity contribution in [1.29, 1.82) is 0 Å². The zero-order valence-electron chi connectivity index (χ0n) is 18.4. The fourth-order valence-electron chi connectivity index (χ4n) is 4.50. The van der Waals surface area contributed by atoms with Gasteiger partial charge in [-0.1, -0.05) is 36.8 Å². The predicted molar refractivity (Wildman–Crippen MR) is 129 cm³/mol. The van der Waals surface area contributed by atoms with Crippen LogP contribution in [0.25, 0.3) is 15.9 Å². The monoisotopic (exact) mass is 445 g/mol. The first-order chi connectivity index (χ1) is 15.6. The van der Waals surface area contributed by atoms with Gasteiger partial charge in [0, 0.05) is 0 Å². The first-order valence-electron chi connectivity index (χ1n) is 11.1. The summed E-state index contributed by atoms with van der Waals surface area (Å²) in [6.45, 7) is 5.20. The number of para-hydroxylation sites is 2. The number of thiazole rings is 1. The van der Waals surface area contributed by atoms with Crippen LogP contribution in [-0.2, 0) is 4.79 Å². The normalized spacial score (nSPS) is 17.0. The van der Waals surface area contributed by atoms with Gasteiger partial charge in [-0.25, -0.2) is 9.67 Å². The van der Waals surface area contributed by atoms with Gasteiger partial charge in [0.2, 0.25) is 5.91 Å². The highest BCUT2D eigenvalue weighted by molar-refractivity contribution is 7.18. The Hall–Kier alpha value is -3.03. The number of piperidine rings is 1. The highest BCUT2D eigenvalue weighted by atomic mass is 32.1. The zero-order valence-corrected chi connectivity index (χ0v) is 19.2. The SMILES string of the molecule is Cc1nn(-c2ccccc2)c(C)c1NC(=O)CN1CCCC[C@H]1c1nc2ccccc2s1. The molecule has 1 saturated heterocycles. The molecule has 0 aliphatic carbocycles. The third-order valence-electron chi connectivity index (χ3n) is 6.11. The number of hydrogen-bond donors (Lipinski definition) is 1. The van der Waals surface area contributed by atoms with Gasteiger partial charge in [0.1, 0.15) is 5.01 Å². The van der Waals surface area contributed by atoms with Gasteiger partial charge in [-0.3, -0.25) is 9.69 Å². The van der Waals surface area contributed by atoms with Crippen LogP contribution in [0.3, 0.4) is 0 Å². The molecule has 164 valence electrons. The lowest BCUT2D eigenvalue weighted by Gasteiger charge is -2.33. The number of amides is 1. The summed E-state index contributed by atoms with van der Waals surface area (Å²) < 4.78 is 3.09. The fraction of sp³-hybridized carbons (Fsp3) is 0.320. The topological polar surface area (TPSA) is 63.1 Å². The van der Waals surface area contributed by atoms with Gasteiger partial charge in [-0.15, -0.1) is 11.3 Å². The number of rotatable bonds is 5. The minimum atomic E-state index is -0.00294. The van der Waals surface area contributed by atoms with Crippen LogP contribution in [0.15, 0.2) is 54.6 Å². The molecule has 1 atom stereocenters. The van der Waals surface area contributed by atoms with E-state index in [0.717, 1.165) is 52.7 Å². The van der Waals surface area contributed by atoms with Crippen LogP contribution in [0, 0.1) is 13.8 Å². The Morgan fingerprint density at radius 1 is 1.09 bits per heavy atom. The number of nitrogens with one attached hydrogen (secondary N) is 1. The Labute approximate surface area is 191 Å². The van der Waals surface area contributed by atoms with Gasteiger partial charge in [-0.05, 0) is 57.5 Å². The molecule has 1 fully saturated rings. The van der Waals surface area contributed by atoms with E-state index >= 15 is 0 Å². The molecule has 3 heterocycles. The van der Waals surface area contributed by atoms with Gasteiger partial charge in [0.25, 0.3) is 0 Å². The quantitative estimate of drug-likeness (QED) is 0.455. The van der Waals surface area contributed by atoms with Crippen molar-refractivity contribution >= 4 is 33.1 Å². The third-order valence-corrected chi connectivity index (χ3v) is 7.25. The lowest BCUT2D eigenvalue weighted by molar-refractivity contribution is -0.118. The number of likely N-dealkylation sites (tertiary alicyclic amines) is 1. The van der Waals surface area contributed by atoms with Gasteiger partial charge in [-0.2, -0.15) is 5.10 Å². The Morgan fingerprint density at radius 3 is 2.69 bits per heavy atom. The standard InChI is InChI=1S/C25H27N5OS/c1-17-24(18(2)30(28-17)19-10-4-3-5-11-19)27-23(31)16-29-15-9-8-13-21(29)25-26-20-12-6-7-14-22(20)32-25/h3-7,10-12,14,21H,8-9,13,15-16H2,1-2H3,(H,27,31)/t21-/m0/s1. The van der Waals surface area contributed by atoms with Crippen LogP contribution in [0.5, 0.6) is 0 Å². The molecule has 32 heavy (non-hydrogen) atoms. The number of hydrogen-bond acceptors (Lipinski definition) is 5. The first kappa shape index (κ1) is 20.8. The maximum atomic E-state index is 13.1. The molecule has 6 nitrogen and oxygen atoms in total. The van der Waals surface area contributed by atoms with Gasteiger partial charge < -0.3 is 5.32 Å². The lowest BCUT2D eigenvalue weighted by atomic mass is 10.0. The van der Waals surface area contributed by atoms with Crippen molar-refractivity contribution in [3.63, 3.8) is 0 Å². The maximum absolute atomic E-state index is 13.1. The predicted octanol–water partition coefficient (Wildman–Crippen LogP) is 5.26. The molecule has 0 bridgehead atoms. The summed E-state index contributed by atoms with van der Waals surface area (Å²) in [5.74, 6) is -0.00294. The highest BCUT2D eigenvalue weighted by Gasteiger charge is 2.28. The van der Waals surface area contributed by atoms with E-state index in [2.05, 4.69) is 33.5 Å². The van der Waals surface area contributed by atoms with Crippen LogP contribution in [0.4, 0.5) is 5.69 Å². The Morgan fingerprint density at radius 2 is 1.88 bits per heavy atom. The first-order valence-corrected chi connectivity index (χ1v) is 11.9. The summed E-state index contributed by atoms with van der Waals surface area (Å²) >= 11 is 1.75. The summed E-state index contributed by atoms with van der Waals surface area (Å²) in [6, 6.07) is 18.4. The van der Waals surface area contributed by atoms with Crippen molar-refractivity contribution in [2.24, 2.45) is 0 Å². The van der Waals surface area contributed by atoms with Crippen molar-refractivity contribution in [3.8, 4) is 5.69 Å². The Bertz CT molecular complexity index is 1210. The molecule has 1 N–H and O–H groups in total. The number of anilines is 1. The summed E-state index contributed by atoms with van der Waals surface area (Å²) in [5.41, 5.74) is 4.58. The van der Waals surface area contributed by atoms with Crippen LogP contribution < -0.4 is 5.32 Å². The molecule has 1 aliphatic heterocycles. The minimum Gasteiger partial charge on any atom is -0.322 e. The van der Waals surface area contributed by atoms with E-state index in [-0.39, 0.29) is 11.9 Å². The Balaban J connectivity index is 1.33. The molecule has 5 rings (SSSR count). The minimum absolute atomic E-state index is 0.00294. The number of nitrogens with zero attached hydrogens (tertiary/aromatic N) is 4. The second kappa shape index (κ2) is 8.84. The number of aromatic nitrogens is 3. The summed E-state index contributed by atoms with van der Waals surface area (Å²) in [5, 5.41) is 8.89. The average Bonchev–Trinajstić information content (AvgIpc) is 3.36. The molecule has 2 aromatic heterocycles. The third kappa shape index (κ3) is 4.06. The van der Waals surface area contributed by atoms with Crippen molar-refractivity contribution in [2.45, 2.75) is 39.2 Å². The van der Waals surface area contributed by atoms with Crippen molar-refractivity contribution in [2.75, 3.05) is 18.4 Å². The molecule has 0 saturated carbocycles. The number of fused-ring (bicyclic) bond motifs is 1. The van der Waals surface area contributed by atoms with Crippen LogP contribution in [0.2, 0.25) is 0 Å². The van der Waals surface area contributed by atoms with Crippen LogP contribution in [0.1, 0.15) is 41.7 Å². The second-order valence-electron chi connectivity index (χ2n) is 8.34. The van der Waals surface area contributed by atoms with Crippen molar-refractivity contribution < 1.29 is 4.79 Å². The van der Waals surface area contributed by atoms with Crippen LogP contribution in [-0.4, -0.2) is 38.7 Å². The van der Waals surface area contributed by atoms with E-state index < -0.39 is 0 Å². The molecular formula is C25H27N5OS. The fourth-order valence-corrected chi connectivity index (χ4v) is 5.64. The second-order valence-corrected chi connectivity index (χ2v) is 9.41. The molecule has 4 aromatic rings. The maximum Gasteiger partial charge on any atom is 0.238 e. The van der Waals surface area contributed by atoms with Crippen molar-refractivity contribution in [1.82, 2.24) is 19.7 Å². The number of benzene rings is 2. The summed E-state index contributed by atoms with van der Waals surface area (Å²) in [4.78, 5) is 20.2. The number of carbonyl (C=O) groups is 1. The number of carbonyl (C=O) groups excluding carboxylic acids is 1. The molecule has 1 amide bonds. The molecule has 1 aliphatic rings. The molecule has 0 radical (unpaired) electrons. The van der Waals surface area contributed by atoms with E-state index in [4.69, 9.17) is 4.98 Å². The van der Waals surface area contributed by atoms with Crippen molar-refractivity contribution in [3.05, 3.63) is 71.0 Å². The summed E-state index contributed by atoms with van der Waals surface area (Å²) in [7, 11) is 0. The molecule has 7 heteroatoms. The van der Waals surface area contributed by atoms with Gasteiger partial charge >= 0.3 is 0 Å². The molecule has 0 spiro atoms. The summed E-state index contributed by atoms with van der Waals surface area (Å²) in [6.07, 6.45) is 3.32. The largest absolute Gasteiger partial charge is 0.322 e. The molecular weight excluding hydrogens is 418 g/mol. The number of aryl methyl sites for hydroxylation is 1. The van der Waals surface area contributed by atoms with E-state index in [9.17, 15) is 4.79 Å². The highest BCUT2D eigenvalue weighted by Crippen LogP contribution is 2.35. The Kier molecular flexibility index (Phi) is 5.76. The molecule has 2 aromatic carbocycles. The average molecular weight is 446 g/mol. The van der Waals surface area contributed by atoms with E-state index in [1.807, 2.05) is 54.9 Å². The van der Waals surface area contributed by atoms with Gasteiger partial charge in [0.15, 0.2) is 0 Å². The lowest BCUT2D eigenvalue weighted by Crippen LogP contribution is -2.39. The smallest absolute Gasteiger partial charge is 0.238 e. The molecule has 0 unspecified atom stereocenters. The van der Waals surface area contributed by atoms with Crippen LogP contribution >= 0.6 is 11.3 Å². The van der Waals surface area contributed by atoms with E-state index in [1.54, 1.807) is 11.3 Å². The van der Waals surface area contributed by atoms with E-state index in [1.165, 1.54) is 11.1 Å². The zero-order chi connectivity index (χ0) is 22.1. The van der Waals surface area contributed by atoms with E-state index in [0.29, 0.717) is 6.54 Å². The van der Waals surface area contributed by atoms with Gasteiger partial charge in [0.05, 0.1) is 45.6 Å².